The third-order valence-corrected chi connectivity index (χ3v) is 6.48. The summed E-state index contributed by atoms with van der Waals surface area (Å²) < 4.78 is 2.46. The lowest BCUT2D eigenvalue weighted by atomic mass is 9.37. The van der Waals surface area contributed by atoms with Gasteiger partial charge in [0.2, 0.25) is 0 Å². The molecule has 0 fully saturated rings. The largest absolute Gasteiger partial charge is 0.310 e. The summed E-state index contributed by atoms with van der Waals surface area (Å²) in [5.41, 5.74) is 11.6. The molecule has 2 aliphatic heterocycles. The Morgan fingerprint density at radius 1 is 0.714 bits per heavy atom. The van der Waals surface area contributed by atoms with E-state index >= 15 is 0 Å². The summed E-state index contributed by atoms with van der Waals surface area (Å²) in [6.45, 7) is 4.06. The number of hydrogen-bond acceptors (Lipinski definition) is 1. The van der Waals surface area contributed by atoms with Gasteiger partial charge in [0.25, 0.3) is 6.71 Å². The van der Waals surface area contributed by atoms with E-state index in [1.165, 1.54) is 55.0 Å². The summed E-state index contributed by atoms with van der Waals surface area (Å²) in [4.78, 5) is 4.38. The van der Waals surface area contributed by atoms with Crippen molar-refractivity contribution in [3.63, 3.8) is 0 Å². The minimum Gasteiger partial charge on any atom is -0.310 e. The van der Waals surface area contributed by atoms with Crippen LogP contribution in [-0.4, -0.2) is 18.0 Å². The van der Waals surface area contributed by atoms with Crippen LogP contribution in [0.1, 0.15) is 0 Å². The van der Waals surface area contributed by atoms with Gasteiger partial charge in [0.05, 0.1) is 11.2 Å². The normalized spacial score (nSPS) is 13.1. The maximum Gasteiger partial charge on any atom is 0.251 e. The molecular formula is C25H15BN2. The second-order valence-corrected chi connectivity index (χ2v) is 7.66. The van der Waals surface area contributed by atoms with Gasteiger partial charge in [0.1, 0.15) is 0 Å². The molecule has 0 atom stereocenters. The molecular weight excluding hydrogens is 339 g/mol. The molecule has 0 saturated heterocycles. The van der Waals surface area contributed by atoms with Crippen LogP contribution in [0.3, 0.4) is 0 Å². The van der Waals surface area contributed by atoms with Crippen molar-refractivity contribution in [1.82, 2.24) is 4.57 Å². The average Bonchev–Trinajstić information content (AvgIpc) is 3.27. The van der Waals surface area contributed by atoms with Gasteiger partial charge in [-0.05, 0) is 52.4 Å². The number of para-hydroxylation sites is 2. The lowest BCUT2D eigenvalue weighted by Gasteiger charge is -2.24. The molecule has 0 bridgehead atoms. The van der Waals surface area contributed by atoms with E-state index in [-0.39, 0.29) is 6.71 Å². The van der Waals surface area contributed by atoms with Crippen LogP contribution in [0.5, 0.6) is 0 Å². The predicted octanol–water partition coefficient (Wildman–Crippen LogP) is 3.93. The molecule has 2 aliphatic rings. The first kappa shape index (κ1) is 14.5. The van der Waals surface area contributed by atoms with Crippen molar-refractivity contribution < 1.29 is 0 Å². The Morgan fingerprint density at radius 3 is 2.36 bits per heavy atom. The summed E-state index contributed by atoms with van der Waals surface area (Å²) in [6, 6.07) is 28.6. The highest BCUT2D eigenvalue weighted by atomic mass is 15.0. The predicted molar refractivity (Wildman–Crippen MR) is 120 cm³/mol. The van der Waals surface area contributed by atoms with Gasteiger partial charge < -0.3 is 4.57 Å². The average molecular weight is 354 g/mol. The summed E-state index contributed by atoms with van der Waals surface area (Å²) >= 11 is 0. The van der Waals surface area contributed by atoms with E-state index in [0.717, 1.165) is 5.69 Å². The van der Waals surface area contributed by atoms with Crippen molar-refractivity contribution >= 4 is 57.3 Å². The van der Waals surface area contributed by atoms with Gasteiger partial charge >= 0.3 is 0 Å². The summed E-state index contributed by atoms with van der Waals surface area (Å²) in [5, 5.41) is 2.63. The van der Waals surface area contributed by atoms with Gasteiger partial charge in [-0.3, -0.25) is 4.99 Å². The number of aromatic nitrogens is 1. The zero-order chi connectivity index (χ0) is 18.4. The topological polar surface area (TPSA) is 17.3 Å². The van der Waals surface area contributed by atoms with Crippen LogP contribution >= 0.6 is 0 Å². The van der Waals surface area contributed by atoms with Crippen molar-refractivity contribution in [3.8, 4) is 16.8 Å². The Morgan fingerprint density at radius 2 is 1.46 bits per heavy atom. The standard InChI is InChI=1S/C25H15BN2/c1-27-20-12-5-8-16-17-9-6-14-22-24(17)26(23(16)20)19-11-4-10-18-15-7-2-3-13-21(15)28(22)25(18)19/h2-14H,1H2. The minimum atomic E-state index is 0.211. The zero-order valence-corrected chi connectivity index (χ0v) is 15.2. The molecule has 0 spiro atoms. The van der Waals surface area contributed by atoms with E-state index in [9.17, 15) is 0 Å². The van der Waals surface area contributed by atoms with E-state index < -0.39 is 0 Å². The van der Waals surface area contributed by atoms with E-state index in [4.69, 9.17) is 0 Å². The maximum atomic E-state index is 4.38. The van der Waals surface area contributed by atoms with E-state index in [1.54, 1.807) is 0 Å². The fourth-order valence-corrected chi connectivity index (χ4v) is 5.50. The monoisotopic (exact) mass is 354 g/mol. The molecule has 7 rings (SSSR count). The molecule has 5 aromatic rings. The Balaban J connectivity index is 1.77. The Kier molecular flexibility index (Phi) is 2.49. The molecule has 4 aromatic carbocycles. The molecule has 2 nitrogen and oxygen atoms in total. The van der Waals surface area contributed by atoms with Gasteiger partial charge in [0.15, 0.2) is 0 Å². The third-order valence-electron chi connectivity index (χ3n) is 6.48. The first-order valence-electron chi connectivity index (χ1n) is 9.64. The second kappa shape index (κ2) is 4.82. The van der Waals surface area contributed by atoms with Crippen LogP contribution in [0.4, 0.5) is 5.69 Å². The molecule has 3 heterocycles. The molecule has 0 radical (unpaired) electrons. The quantitative estimate of drug-likeness (QED) is 0.314. The number of aliphatic imine (C=N–C) groups is 1. The SMILES string of the molecule is C=Nc1cccc2c1B1c3c-2cccc3-n2c3ccccc3c3cccc1c32. The van der Waals surface area contributed by atoms with Crippen molar-refractivity contribution in [2.75, 3.05) is 0 Å². The Hall–Kier alpha value is -3.59. The van der Waals surface area contributed by atoms with Crippen molar-refractivity contribution in [2.24, 2.45) is 4.99 Å². The number of hydrogen-bond donors (Lipinski definition) is 0. The van der Waals surface area contributed by atoms with Gasteiger partial charge in [-0.15, -0.1) is 0 Å². The van der Waals surface area contributed by atoms with E-state index in [1.807, 2.05) is 0 Å². The second-order valence-electron chi connectivity index (χ2n) is 7.66. The highest BCUT2D eigenvalue weighted by molar-refractivity contribution is 7.02. The van der Waals surface area contributed by atoms with Crippen molar-refractivity contribution in [3.05, 3.63) is 78.9 Å². The van der Waals surface area contributed by atoms with Crippen LogP contribution in [-0.2, 0) is 0 Å². The van der Waals surface area contributed by atoms with Gasteiger partial charge in [-0.25, -0.2) is 0 Å². The highest BCUT2D eigenvalue weighted by Gasteiger charge is 2.41. The van der Waals surface area contributed by atoms with E-state index in [0.29, 0.717) is 0 Å². The summed E-state index contributed by atoms with van der Waals surface area (Å²) in [5.74, 6) is 0. The minimum absolute atomic E-state index is 0.211. The first-order valence-corrected chi connectivity index (χ1v) is 9.64. The number of nitrogens with zero attached hydrogens (tertiary/aromatic N) is 2. The first-order chi connectivity index (χ1) is 13.9. The lowest BCUT2D eigenvalue weighted by molar-refractivity contribution is 1.19. The highest BCUT2D eigenvalue weighted by Crippen LogP contribution is 2.37. The molecule has 1 aromatic heterocycles. The molecule has 0 unspecified atom stereocenters. The summed E-state index contributed by atoms with van der Waals surface area (Å²) in [6.07, 6.45) is 0. The van der Waals surface area contributed by atoms with Gasteiger partial charge in [0, 0.05) is 22.0 Å². The van der Waals surface area contributed by atoms with Crippen LogP contribution in [0, 0.1) is 0 Å². The van der Waals surface area contributed by atoms with Crippen molar-refractivity contribution in [2.45, 2.75) is 0 Å². The third kappa shape index (κ3) is 1.48. The van der Waals surface area contributed by atoms with Crippen LogP contribution in [0.2, 0.25) is 0 Å². The molecule has 0 saturated carbocycles. The Bertz CT molecular complexity index is 1490. The van der Waals surface area contributed by atoms with Crippen LogP contribution < -0.4 is 16.4 Å². The number of benzene rings is 4. The molecule has 3 heteroatoms. The smallest absolute Gasteiger partial charge is 0.251 e. The number of fused-ring (bicyclic) bond motifs is 8. The lowest BCUT2D eigenvalue weighted by Crippen LogP contribution is -2.53. The molecule has 0 aliphatic carbocycles. The van der Waals surface area contributed by atoms with Crippen LogP contribution in [0.15, 0.2) is 83.9 Å². The summed E-state index contributed by atoms with van der Waals surface area (Å²) in [7, 11) is 0. The molecule has 0 amide bonds. The fourth-order valence-electron chi connectivity index (χ4n) is 5.50. The molecule has 0 N–H and O–H groups in total. The maximum absolute atomic E-state index is 4.38. The molecule has 128 valence electrons. The van der Waals surface area contributed by atoms with Crippen molar-refractivity contribution in [1.29, 1.82) is 0 Å². The van der Waals surface area contributed by atoms with Gasteiger partial charge in [-0.2, -0.15) is 0 Å². The Labute approximate surface area is 162 Å². The molecule has 28 heavy (non-hydrogen) atoms. The van der Waals surface area contributed by atoms with Crippen LogP contribution in [0.25, 0.3) is 38.6 Å². The number of rotatable bonds is 1. The van der Waals surface area contributed by atoms with E-state index in [2.05, 4.69) is 95.1 Å². The fraction of sp³-hybridized carbons (Fsp3) is 0. The van der Waals surface area contributed by atoms with Gasteiger partial charge in [-0.1, -0.05) is 60.7 Å². The zero-order valence-electron chi connectivity index (χ0n) is 15.2.